The normalized spacial score (nSPS) is 18.9. The molecule has 1 aliphatic carbocycles. The van der Waals surface area contributed by atoms with E-state index in [1.165, 1.54) is 18.4 Å². The number of hydrazine groups is 1. The zero-order chi connectivity index (χ0) is 22.9. The van der Waals surface area contributed by atoms with Crippen molar-refractivity contribution in [2.45, 2.75) is 44.3 Å². The Morgan fingerprint density at radius 2 is 2.03 bits per heavy atom. The number of aromatic amines is 1. The number of rotatable bonds is 7. The number of carbonyl (C=O) groups is 1. The van der Waals surface area contributed by atoms with Crippen LogP contribution in [0.25, 0.3) is 10.9 Å². The van der Waals surface area contributed by atoms with Crippen LogP contribution >= 0.6 is 0 Å². The highest BCUT2D eigenvalue weighted by Crippen LogP contribution is 2.46. The number of aliphatic imine (C=N–C) groups is 1. The van der Waals surface area contributed by atoms with Gasteiger partial charge in [-0.25, -0.2) is 10.4 Å². The van der Waals surface area contributed by atoms with Crippen LogP contribution in [0.3, 0.4) is 0 Å². The Balaban J connectivity index is 1.33. The van der Waals surface area contributed by atoms with E-state index < -0.39 is 0 Å². The van der Waals surface area contributed by atoms with E-state index in [1.807, 2.05) is 43.4 Å². The summed E-state index contributed by atoms with van der Waals surface area (Å²) in [7, 11) is 1.93. The fourth-order valence-corrected chi connectivity index (χ4v) is 4.19. The molecule has 1 fully saturated rings. The van der Waals surface area contributed by atoms with Gasteiger partial charge < -0.3 is 15.7 Å². The smallest absolute Gasteiger partial charge is 0.251 e. The van der Waals surface area contributed by atoms with Crippen molar-refractivity contribution in [2.24, 2.45) is 4.99 Å². The fourth-order valence-electron chi connectivity index (χ4n) is 4.19. The summed E-state index contributed by atoms with van der Waals surface area (Å²) in [5.74, 6) is 1.11. The Morgan fingerprint density at radius 3 is 2.73 bits per heavy atom. The maximum Gasteiger partial charge on any atom is 0.251 e. The highest BCUT2D eigenvalue weighted by Gasteiger charge is 2.30. The first-order valence-electron chi connectivity index (χ1n) is 11.4. The number of amides is 1. The molecule has 33 heavy (non-hydrogen) atoms. The van der Waals surface area contributed by atoms with Gasteiger partial charge in [-0.15, -0.1) is 0 Å². The second-order valence-corrected chi connectivity index (χ2v) is 8.68. The molecule has 2 unspecified atom stereocenters. The number of aromatic nitrogens is 2. The minimum absolute atomic E-state index is 0.0703. The SMILES string of the molecule is CCC(CO)NC(=O)c1ccc(C2N=C(Nc3ccc4[nH]ncc4c3C3CC3)N(C)N2)cc1. The van der Waals surface area contributed by atoms with Crippen molar-refractivity contribution in [1.82, 2.24) is 25.9 Å². The number of anilines is 1. The predicted octanol–water partition coefficient (Wildman–Crippen LogP) is 2.86. The predicted molar refractivity (Wildman–Crippen MR) is 128 cm³/mol. The highest BCUT2D eigenvalue weighted by atomic mass is 16.3. The van der Waals surface area contributed by atoms with Crippen molar-refractivity contribution in [1.29, 1.82) is 0 Å². The summed E-state index contributed by atoms with van der Waals surface area (Å²) in [4.78, 5) is 17.2. The fraction of sp³-hybridized carbons (Fsp3) is 0.375. The molecule has 5 rings (SSSR count). The number of H-pyrrole nitrogens is 1. The lowest BCUT2D eigenvalue weighted by Crippen LogP contribution is -2.38. The van der Waals surface area contributed by atoms with Crippen molar-refractivity contribution < 1.29 is 9.90 Å². The maximum atomic E-state index is 12.4. The number of aliphatic hydroxyl groups is 1. The summed E-state index contributed by atoms with van der Waals surface area (Å²) in [5, 5.41) is 26.0. The first-order valence-corrected chi connectivity index (χ1v) is 11.4. The van der Waals surface area contributed by atoms with Crippen LogP contribution in [0.15, 0.2) is 47.6 Å². The summed E-state index contributed by atoms with van der Waals surface area (Å²) in [6.45, 7) is 1.86. The molecule has 9 nitrogen and oxygen atoms in total. The molecule has 2 aliphatic rings. The minimum Gasteiger partial charge on any atom is -0.394 e. The monoisotopic (exact) mass is 447 g/mol. The molecule has 0 saturated heterocycles. The van der Waals surface area contributed by atoms with Crippen molar-refractivity contribution in [2.75, 3.05) is 19.0 Å². The molecule has 2 aromatic carbocycles. The summed E-state index contributed by atoms with van der Waals surface area (Å²) in [6.07, 6.45) is 4.71. The number of nitrogens with zero attached hydrogens (tertiary/aromatic N) is 3. The van der Waals surface area contributed by atoms with Crippen LogP contribution in [-0.4, -0.2) is 51.9 Å². The van der Waals surface area contributed by atoms with Gasteiger partial charge in [0.2, 0.25) is 5.96 Å². The Kier molecular flexibility index (Phi) is 5.74. The second kappa shape index (κ2) is 8.84. The van der Waals surface area contributed by atoms with Crippen LogP contribution in [-0.2, 0) is 0 Å². The molecule has 2 heterocycles. The standard InChI is InChI=1S/C24H29N7O2/c1-3-17(13-32)26-23(33)16-8-6-15(7-9-16)22-28-24(31(2)30-22)27-20-11-10-19-18(12-25-29-19)21(20)14-4-5-14/h6-12,14,17,22,30,32H,3-5,13H2,1-2H3,(H,25,29)(H,26,33)(H,27,28). The van der Waals surface area contributed by atoms with Crippen molar-refractivity contribution >= 4 is 28.5 Å². The molecule has 1 aliphatic heterocycles. The van der Waals surface area contributed by atoms with Gasteiger partial charge in [-0.2, -0.15) is 5.10 Å². The van der Waals surface area contributed by atoms with Gasteiger partial charge in [-0.05, 0) is 60.6 Å². The number of fused-ring (bicyclic) bond motifs is 1. The molecule has 9 heteroatoms. The number of carbonyl (C=O) groups excluding carboxylic acids is 1. The van der Waals surface area contributed by atoms with Gasteiger partial charge >= 0.3 is 0 Å². The van der Waals surface area contributed by atoms with Crippen LogP contribution < -0.4 is 16.1 Å². The van der Waals surface area contributed by atoms with Gasteiger partial charge in [0.1, 0.15) is 6.17 Å². The van der Waals surface area contributed by atoms with Crippen molar-refractivity contribution in [3.05, 3.63) is 59.3 Å². The van der Waals surface area contributed by atoms with Crippen LogP contribution in [0.5, 0.6) is 0 Å². The first-order chi connectivity index (χ1) is 16.1. The average Bonchev–Trinajstić information content (AvgIpc) is 3.44. The molecular weight excluding hydrogens is 418 g/mol. The lowest BCUT2D eigenvalue weighted by molar-refractivity contribution is 0.0915. The summed E-state index contributed by atoms with van der Waals surface area (Å²) in [5.41, 5.74) is 8.27. The Morgan fingerprint density at radius 1 is 1.24 bits per heavy atom. The Hall–Kier alpha value is -3.43. The number of nitrogens with one attached hydrogen (secondary N) is 4. The lowest BCUT2D eigenvalue weighted by atomic mass is 10.0. The van der Waals surface area contributed by atoms with E-state index in [1.54, 1.807) is 12.1 Å². The molecule has 1 aromatic heterocycles. The van der Waals surface area contributed by atoms with Gasteiger partial charge in [-0.1, -0.05) is 19.1 Å². The minimum atomic E-state index is -0.252. The van der Waals surface area contributed by atoms with E-state index in [0.717, 1.165) is 28.1 Å². The second-order valence-electron chi connectivity index (χ2n) is 8.68. The van der Waals surface area contributed by atoms with Gasteiger partial charge in [0.25, 0.3) is 5.91 Å². The van der Waals surface area contributed by atoms with Crippen LogP contribution in [0, 0.1) is 0 Å². The quantitative estimate of drug-likeness (QED) is 0.380. The summed E-state index contributed by atoms with van der Waals surface area (Å²) < 4.78 is 0. The Bertz CT molecular complexity index is 1180. The molecule has 0 spiro atoms. The molecule has 1 saturated carbocycles. The number of hydrogen-bond acceptors (Lipinski definition) is 7. The number of hydrogen-bond donors (Lipinski definition) is 5. The third-order valence-corrected chi connectivity index (χ3v) is 6.32. The molecule has 1 amide bonds. The van der Waals surface area contributed by atoms with E-state index in [4.69, 9.17) is 4.99 Å². The van der Waals surface area contributed by atoms with Crippen LogP contribution in [0.4, 0.5) is 5.69 Å². The van der Waals surface area contributed by atoms with E-state index in [-0.39, 0.29) is 24.7 Å². The topological polar surface area (TPSA) is 118 Å². The van der Waals surface area contributed by atoms with Crippen LogP contribution in [0.2, 0.25) is 0 Å². The largest absolute Gasteiger partial charge is 0.394 e. The molecule has 172 valence electrons. The van der Waals surface area contributed by atoms with E-state index in [9.17, 15) is 9.90 Å². The highest BCUT2D eigenvalue weighted by molar-refractivity contribution is 5.99. The van der Waals surface area contributed by atoms with Gasteiger partial charge in [-0.3, -0.25) is 14.9 Å². The molecule has 0 bridgehead atoms. The summed E-state index contributed by atoms with van der Waals surface area (Å²) in [6, 6.07) is 11.3. The van der Waals surface area contributed by atoms with Gasteiger partial charge in [0, 0.05) is 23.7 Å². The lowest BCUT2D eigenvalue weighted by Gasteiger charge is -2.19. The third-order valence-electron chi connectivity index (χ3n) is 6.32. The molecule has 0 radical (unpaired) electrons. The van der Waals surface area contributed by atoms with Crippen molar-refractivity contribution in [3.8, 4) is 0 Å². The number of aliphatic hydroxyl groups excluding tert-OH is 1. The maximum absolute atomic E-state index is 12.4. The molecular formula is C24H29N7O2. The third kappa shape index (κ3) is 4.29. The van der Waals surface area contributed by atoms with Crippen molar-refractivity contribution in [3.63, 3.8) is 0 Å². The van der Waals surface area contributed by atoms with E-state index in [2.05, 4.69) is 32.3 Å². The molecule has 2 atom stereocenters. The zero-order valence-electron chi connectivity index (χ0n) is 18.8. The number of guanidine groups is 1. The molecule has 3 aromatic rings. The van der Waals surface area contributed by atoms with Gasteiger partial charge in [0.15, 0.2) is 0 Å². The van der Waals surface area contributed by atoms with Crippen LogP contribution in [0.1, 0.15) is 59.8 Å². The Labute approximate surface area is 192 Å². The number of benzene rings is 2. The van der Waals surface area contributed by atoms with E-state index in [0.29, 0.717) is 17.9 Å². The first kappa shape index (κ1) is 21.4. The molecule has 5 N–H and O–H groups in total. The van der Waals surface area contributed by atoms with E-state index >= 15 is 0 Å². The van der Waals surface area contributed by atoms with Gasteiger partial charge in [0.05, 0.1) is 24.4 Å². The summed E-state index contributed by atoms with van der Waals surface area (Å²) >= 11 is 0. The zero-order valence-corrected chi connectivity index (χ0v) is 18.8. The average molecular weight is 448 g/mol.